The first-order valence-corrected chi connectivity index (χ1v) is 4.40. The molecule has 0 aromatic heterocycles. The molecule has 1 unspecified atom stereocenters. The van der Waals surface area contributed by atoms with E-state index in [1.807, 2.05) is 0 Å². The number of benzene rings is 1. The van der Waals surface area contributed by atoms with Crippen LogP contribution >= 0.6 is 7.52 Å². The molecule has 53 valence electrons. The Bertz CT molecular complexity index is 254. The number of hydrogen-bond acceptors (Lipinski definition) is 1. The number of hydrogen-bond donors (Lipinski definition) is 1. The van der Waals surface area contributed by atoms with E-state index in [4.69, 9.17) is 10.4 Å². The Labute approximate surface area is 59.0 Å². The summed E-state index contributed by atoms with van der Waals surface area (Å²) in [6, 6.07) is 7.93. The molecule has 1 radical (unpaired) electrons. The fraction of sp³-hybridized carbons (Fsp3) is 0. The van der Waals surface area contributed by atoms with Crippen molar-refractivity contribution in [2.45, 2.75) is 0 Å². The summed E-state index contributed by atoms with van der Waals surface area (Å²) in [7, 11) is -3.77. The lowest BCUT2D eigenvalue weighted by Crippen LogP contribution is -2.02. The molecule has 4 heteroatoms. The van der Waals surface area contributed by atoms with Crippen molar-refractivity contribution >= 4 is 12.8 Å². The molecule has 0 amide bonds. The van der Waals surface area contributed by atoms with Gasteiger partial charge in [0.15, 0.2) is 0 Å². The van der Waals surface area contributed by atoms with Gasteiger partial charge in [-0.25, -0.2) is 0 Å². The van der Waals surface area contributed by atoms with E-state index >= 15 is 0 Å². The SMILES string of the molecule is [NH]P(=O)(O)c1ccccc1. The van der Waals surface area contributed by atoms with Crippen molar-refractivity contribution < 1.29 is 9.46 Å². The van der Waals surface area contributed by atoms with Gasteiger partial charge in [0.25, 0.3) is 0 Å². The van der Waals surface area contributed by atoms with Gasteiger partial charge >= 0.3 is 7.52 Å². The predicted octanol–water partition coefficient (Wildman–Crippen LogP) is 0.780. The van der Waals surface area contributed by atoms with E-state index in [1.54, 1.807) is 18.2 Å². The van der Waals surface area contributed by atoms with Crippen molar-refractivity contribution in [3.8, 4) is 0 Å². The normalized spacial score (nSPS) is 16.2. The molecular weight excluding hydrogens is 149 g/mol. The van der Waals surface area contributed by atoms with Crippen LogP contribution in [0.5, 0.6) is 0 Å². The molecule has 0 aliphatic rings. The number of rotatable bonds is 1. The Kier molecular flexibility index (Phi) is 1.90. The third-order valence-electron chi connectivity index (χ3n) is 1.11. The molecule has 1 rings (SSSR count). The predicted molar refractivity (Wildman–Crippen MR) is 39.0 cm³/mol. The second kappa shape index (κ2) is 2.54. The fourth-order valence-electron chi connectivity index (χ4n) is 0.630. The van der Waals surface area contributed by atoms with E-state index < -0.39 is 7.52 Å². The maximum absolute atomic E-state index is 10.6. The first kappa shape index (κ1) is 7.48. The Morgan fingerprint density at radius 2 is 1.80 bits per heavy atom. The van der Waals surface area contributed by atoms with Gasteiger partial charge in [0.1, 0.15) is 0 Å². The minimum absolute atomic E-state index is 0.176. The second-order valence-corrected chi connectivity index (χ2v) is 3.58. The average molecular weight is 156 g/mol. The highest BCUT2D eigenvalue weighted by atomic mass is 31.2. The summed E-state index contributed by atoms with van der Waals surface area (Å²) < 4.78 is 10.6. The van der Waals surface area contributed by atoms with Gasteiger partial charge in [0.2, 0.25) is 0 Å². The van der Waals surface area contributed by atoms with Gasteiger partial charge in [-0.05, 0) is 12.1 Å². The fourth-order valence-corrected chi connectivity index (χ4v) is 1.21. The quantitative estimate of drug-likeness (QED) is 0.610. The van der Waals surface area contributed by atoms with E-state index in [-0.39, 0.29) is 5.30 Å². The van der Waals surface area contributed by atoms with Crippen LogP contribution in [0.15, 0.2) is 30.3 Å². The molecule has 2 N–H and O–H groups in total. The summed E-state index contributed by atoms with van der Waals surface area (Å²) in [5.41, 5.74) is 6.78. The summed E-state index contributed by atoms with van der Waals surface area (Å²) in [5.74, 6) is 0. The van der Waals surface area contributed by atoms with Crippen LogP contribution < -0.4 is 10.8 Å². The van der Waals surface area contributed by atoms with Gasteiger partial charge in [-0.1, -0.05) is 18.2 Å². The van der Waals surface area contributed by atoms with Gasteiger partial charge < -0.3 is 4.89 Å². The van der Waals surface area contributed by atoms with E-state index in [0.29, 0.717) is 0 Å². The Balaban J connectivity index is 3.09. The van der Waals surface area contributed by atoms with Crippen molar-refractivity contribution in [1.82, 2.24) is 5.50 Å². The van der Waals surface area contributed by atoms with Crippen LogP contribution in [-0.4, -0.2) is 4.89 Å². The lowest BCUT2D eigenvalue weighted by molar-refractivity contribution is 0.489. The zero-order chi connectivity index (χ0) is 7.61. The van der Waals surface area contributed by atoms with Crippen LogP contribution in [0.1, 0.15) is 0 Å². The van der Waals surface area contributed by atoms with Gasteiger partial charge in [0.05, 0.1) is 5.30 Å². The van der Waals surface area contributed by atoms with Crippen LogP contribution in [-0.2, 0) is 4.57 Å². The van der Waals surface area contributed by atoms with Crippen LogP contribution in [0.2, 0.25) is 0 Å². The molecule has 3 nitrogen and oxygen atoms in total. The minimum Gasteiger partial charge on any atom is -0.329 e. The minimum atomic E-state index is -3.77. The standard InChI is InChI=1S/C6H7NO2P/c7-10(8,9)6-4-2-1-3-5-6/h1-5,7H,(H,8,9). The number of nitrogens with one attached hydrogen (secondary N) is 1. The highest BCUT2D eigenvalue weighted by Gasteiger charge is 2.13. The summed E-state index contributed by atoms with van der Waals surface area (Å²) >= 11 is 0. The summed E-state index contributed by atoms with van der Waals surface area (Å²) in [6.45, 7) is 0. The zero-order valence-corrected chi connectivity index (χ0v) is 6.08. The molecule has 0 fully saturated rings. The average Bonchev–Trinajstić information content (AvgIpc) is 1.88. The molecule has 1 atom stereocenters. The zero-order valence-electron chi connectivity index (χ0n) is 5.19. The van der Waals surface area contributed by atoms with Crippen LogP contribution in [0.25, 0.3) is 0 Å². The third kappa shape index (κ3) is 1.67. The maximum Gasteiger partial charge on any atom is 0.310 e. The molecule has 0 spiro atoms. The largest absolute Gasteiger partial charge is 0.329 e. The maximum atomic E-state index is 10.6. The Morgan fingerprint density at radius 1 is 1.30 bits per heavy atom. The second-order valence-electron chi connectivity index (χ2n) is 1.91. The molecule has 0 aliphatic heterocycles. The Morgan fingerprint density at radius 3 is 2.10 bits per heavy atom. The third-order valence-corrected chi connectivity index (χ3v) is 2.10. The molecule has 0 saturated heterocycles. The molecule has 1 aromatic rings. The molecule has 0 bridgehead atoms. The monoisotopic (exact) mass is 156 g/mol. The highest BCUT2D eigenvalue weighted by Crippen LogP contribution is 2.30. The van der Waals surface area contributed by atoms with Crippen LogP contribution in [0.4, 0.5) is 0 Å². The topological polar surface area (TPSA) is 61.1 Å². The Hall–Kier alpha value is -0.630. The molecule has 10 heavy (non-hydrogen) atoms. The first-order valence-electron chi connectivity index (χ1n) is 2.74. The molecule has 1 aromatic carbocycles. The van der Waals surface area contributed by atoms with Crippen molar-refractivity contribution in [2.75, 3.05) is 0 Å². The van der Waals surface area contributed by atoms with E-state index in [1.165, 1.54) is 12.1 Å². The van der Waals surface area contributed by atoms with Gasteiger partial charge in [-0.2, -0.15) is 5.50 Å². The summed E-state index contributed by atoms with van der Waals surface area (Å²) in [5, 5.41) is 0.176. The lowest BCUT2D eigenvalue weighted by Gasteiger charge is -2.00. The van der Waals surface area contributed by atoms with E-state index in [2.05, 4.69) is 0 Å². The highest BCUT2D eigenvalue weighted by molar-refractivity contribution is 7.63. The molecular formula is C6H7NO2P. The van der Waals surface area contributed by atoms with Gasteiger partial charge in [0, 0.05) is 0 Å². The lowest BCUT2D eigenvalue weighted by atomic mass is 10.4. The molecule has 0 heterocycles. The smallest absolute Gasteiger partial charge is 0.310 e. The van der Waals surface area contributed by atoms with Crippen LogP contribution in [0, 0.1) is 0 Å². The van der Waals surface area contributed by atoms with Crippen molar-refractivity contribution in [1.29, 1.82) is 0 Å². The van der Waals surface area contributed by atoms with Crippen molar-refractivity contribution in [3.05, 3.63) is 30.3 Å². The van der Waals surface area contributed by atoms with E-state index in [0.717, 1.165) is 0 Å². The van der Waals surface area contributed by atoms with Crippen LogP contribution in [0.3, 0.4) is 0 Å². The van der Waals surface area contributed by atoms with Gasteiger partial charge in [-0.15, -0.1) is 0 Å². The van der Waals surface area contributed by atoms with E-state index in [9.17, 15) is 4.57 Å². The summed E-state index contributed by atoms with van der Waals surface area (Å²) in [6.07, 6.45) is 0. The van der Waals surface area contributed by atoms with Crippen molar-refractivity contribution in [2.24, 2.45) is 0 Å². The van der Waals surface area contributed by atoms with Crippen molar-refractivity contribution in [3.63, 3.8) is 0 Å². The summed E-state index contributed by atoms with van der Waals surface area (Å²) in [4.78, 5) is 8.71. The first-order chi connectivity index (χ1) is 4.61. The van der Waals surface area contributed by atoms with Gasteiger partial charge in [-0.3, -0.25) is 4.57 Å². The molecule has 0 aliphatic carbocycles. The molecule has 0 saturated carbocycles.